The molecule has 1 aromatic heterocycles. The molecule has 2 aliphatic rings. The highest BCUT2D eigenvalue weighted by atomic mass is 16.1. The van der Waals surface area contributed by atoms with Crippen LogP contribution < -0.4 is 5.56 Å². The zero-order chi connectivity index (χ0) is 12.5. The number of rotatable bonds is 4. The van der Waals surface area contributed by atoms with E-state index in [-0.39, 0.29) is 5.56 Å². The highest BCUT2D eigenvalue weighted by molar-refractivity contribution is 5.21. The van der Waals surface area contributed by atoms with Crippen molar-refractivity contribution >= 4 is 0 Å². The normalized spacial score (nSPS) is 19.8. The van der Waals surface area contributed by atoms with Crippen LogP contribution >= 0.6 is 0 Å². The SMILES string of the molecule is CCCN1CCc2c(nc(CC3CC3)[nH]c2=O)C1. The van der Waals surface area contributed by atoms with Gasteiger partial charge >= 0.3 is 0 Å². The van der Waals surface area contributed by atoms with Crippen molar-refractivity contribution in [1.82, 2.24) is 14.9 Å². The molecule has 1 aliphatic carbocycles. The van der Waals surface area contributed by atoms with E-state index in [9.17, 15) is 4.79 Å². The molecular formula is C14H21N3O. The van der Waals surface area contributed by atoms with E-state index in [1.54, 1.807) is 0 Å². The summed E-state index contributed by atoms with van der Waals surface area (Å²) < 4.78 is 0. The van der Waals surface area contributed by atoms with Crippen molar-refractivity contribution in [2.45, 2.75) is 45.6 Å². The molecule has 18 heavy (non-hydrogen) atoms. The Hall–Kier alpha value is -1.16. The lowest BCUT2D eigenvalue weighted by Crippen LogP contribution is -2.36. The molecule has 0 unspecified atom stereocenters. The molecule has 0 spiro atoms. The number of aromatic amines is 1. The largest absolute Gasteiger partial charge is 0.310 e. The first-order chi connectivity index (χ1) is 8.76. The second-order valence-corrected chi connectivity index (χ2v) is 5.61. The summed E-state index contributed by atoms with van der Waals surface area (Å²) >= 11 is 0. The maximum absolute atomic E-state index is 12.0. The van der Waals surface area contributed by atoms with E-state index in [1.165, 1.54) is 12.8 Å². The van der Waals surface area contributed by atoms with Gasteiger partial charge in [-0.05, 0) is 38.1 Å². The first kappa shape index (κ1) is 11.9. The predicted octanol–water partition coefficient (Wildman–Crippen LogP) is 1.49. The van der Waals surface area contributed by atoms with Crippen molar-refractivity contribution in [3.8, 4) is 0 Å². The molecule has 2 heterocycles. The zero-order valence-electron chi connectivity index (χ0n) is 11.0. The van der Waals surface area contributed by atoms with Gasteiger partial charge in [-0.25, -0.2) is 4.98 Å². The Morgan fingerprint density at radius 2 is 2.28 bits per heavy atom. The quantitative estimate of drug-likeness (QED) is 0.877. The van der Waals surface area contributed by atoms with E-state index in [0.717, 1.165) is 61.9 Å². The molecule has 3 rings (SSSR count). The van der Waals surface area contributed by atoms with E-state index in [2.05, 4.69) is 21.8 Å². The Balaban J connectivity index is 1.83. The van der Waals surface area contributed by atoms with Crippen LogP contribution in [0.15, 0.2) is 4.79 Å². The number of nitrogens with zero attached hydrogens (tertiary/aromatic N) is 2. The second-order valence-electron chi connectivity index (χ2n) is 5.61. The van der Waals surface area contributed by atoms with Crippen LogP contribution in [0.4, 0.5) is 0 Å². The third kappa shape index (κ3) is 2.48. The summed E-state index contributed by atoms with van der Waals surface area (Å²) in [4.78, 5) is 22.1. The smallest absolute Gasteiger partial charge is 0.254 e. The van der Waals surface area contributed by atoms with Crippen LogP contribution in [0.1, 0.15) is 43.3 Å². The van der Waals surface area contributed by atoms with Crippen molar-refractivity contribution in [2.75, 3.05) is 13.1 Å². The van der Waals surface area contributed by atoms with Gasteiger partial charge in [0.15, 0.2) is 0 Å². The van der Waals surface area contributed by atoms with Gasteiger partial charge in [0.05, 0.1) is 5.69 Å². The number of hydrogen-bond donors (Lipinski definition) is 1. The summed E-state index contributed by atoms with van der Waals surface area (Å²) in [5, 5.41) is 0. The minimum absolute atomic E-state index is 0.104. The fraction of sp³-hybridized carbons (Fsp3) is 0.714. The van der Waals surface area contributed by atoms with Gasteiger partial charge in [-0.2, -0.15) is 0 Å². The van der Waals surface area contributed by atoms with Crippen LogP contribution in [0.5, 0.6) is 0 Å². The summed E-state index contributed by atoms with van der Waals surface area (Å²) in [5.74, 6) is 1.67. The van der Waals surface area contributed by atoms with E-state index in [1.807, 2.05) is 0 Å². The molecule has 1 fully saturated rings. The second kappa shape index (κ2) is 4.84. The van der Waals surface area contributed by atoms with Crippen molar-refractivity contribution in [1.29, 1.82) is 0 Å². The summed E-state index contributed by atoms with van der Waals surface area (Å²) in [5.41, 5.74) is 2.04. The molecule has 1 aromatic rings. The first-order valence-corrected chi connectivity index (χ1v) is 7.09. The molecule has 4 nitrogen and oxygen atoms in total. The molecular weight excluding hydrogens is 226 g/mol. The summed E-state index contributed by atoms with van der Waals surface area (Å²) in [7, 11) is 0. The van der Waals surface area contributed by atoms with Crippen LogP contribution in [0.2, 0.25) is 0 Å². The number of aromatic nitrogens is 2. The predicted molar refractivity (Wildman–Crippen MR) is 70.6 cm³/mol. The van der Waals surface area contributed by atoms with E-state index in [4.69, 9.17) is 0 Å². The maximum Gasteiger partial charge on any atom is 0.254 e. The molecule has 98 valence electrons. The molecule has 0 saturated heterocycles. The van der Waals surface area contributed by atoms with Crippen LogP contribution in [0, 0.1) is 5.92 Å². The molecule has 0 atom stereocenters. The highest BCUT2D eigenvalue weighted by Crippen LogP contribution is 2.31. The fourth-order valence-electron chi connectivity index (χ4n) is 2.74. The monoisotopic (exact) mass is 247 g/mol. The Morgan fingerprint density at radius 3 is 3.00 bits per heavy atom. The third-order valence-electron chi connectivity index (χ3n) is 3.92. The van der Waals surface area contributed by atoms with Crippen molar-refractivity contribution in [3.63, 3.8) is 0 Å². The summed E-state index contributed by atoms with van der Waals surface area (Å²) in [6, 6.07) is 0. The molecule has 0 bridgehead atoms. The minimum Gasteiger partial charge on any atom is -0.310 e. The molecule has 0 amide bonds. The van der Waals surface area contributed by atoms with Gasteiger partial charge in [-0.1, -0.05) is 6.92 Å². The third-order valence-corrected chi connectivity index (χ3v) is 3.92. The lowest BCUT2D eigenvalue weighted by atomic mass is 10.1. The van der Waals surface area contributed by atoms with Gasteiger partial charge in [0.1, 0.15) is 5.82 Å². The number of nitrogens with one attached hydrogen (secondary N) is 1. The molecule has 1 aliphatic heterocycles. The summed E-state index contributed by atoms with van der Waals surface area (Å²) in [6.45, 7) is 5.14. The van der Waals surface area contributed by atoms with E-state index < -0.39 is 0 Å². The Kier molecular flexibility index (Phi) is 3.20. The van der Waals surface area contributed by atoms with Gasteiger partial charge in [0.25, 0.3) is 5.56 Å². The Bertz CT molecular complexity index is 490. The lowest BCUT2D eigenvalue weighted by molar-refractivity contribution is 0.249. The van der Waals surface area contributed by atoms with Gasteiger partial charge in [0, 0.05) is 25.1 Å². The van der Waals surface area contributed by atoms with Crippen molar-refractivity contribution in [3.05, 3.63) is 27.4 Å². The van der Waals surface area contributed by atoms with Gasteiger partial charge in [-0.15, -0.1) is 0 Å². The van der Waals surface area contributed by atoms with Crippen LogP contribution in [0.25, 0.3) is 0 Å². The van der Waals surface area contributed by atoms with Crippen LogP contribution in [0.3, 0.4) is 0 Å². The maximum atomic E-state index is 12.0. The topological polar surface area (TPSA) is 49.0 Å². The van der Waals surface area contributed by atoms with Crippen LogP contribution in [-0.2, 0) is 19.4 Å². The first-order valence-electron chi connectivity index (χ1n) is 7.09. The highest BCUT2D eigenvalue weighted by Gasteiger charge is 2.25. The number of fused-ring (bicyclic) bond motifs is 1. The molecule has 0 radical (unpaired) electrons. The van der Waals surface area contributed by atoms with Gasteiger partial charge in [-0.3, -0.25) is 9.69 Å². The van der Waals surface area contributed by atoms with Gasteiger partial charge in [0.2, 0.25) is 0 Å². The average Bonchev–Trinajstić information content (AvgIpc) is 3.13. The molecule has 1 N–H and O–H groups in total. The molecule has 4 heteroatoms. The van der Waals surface area contributed by atoms with Gasteiger partial charge < -0.3 is 4.98 Å². The number of H-pyrrole nitrogens is 1. The average molecular weight is 247 g/mol. The lowest BCUT2D eigenvalue weighted by Gasteiger charge is -2.27. The summed E-state index contributed by atoms with van der Waals surface area (Å²) in [6.07, 6.45) is 5.55. The standard InChI is InChI=1S/C14H21N3O/c1-2-6-17-7-5-11-12(9-17)15-13(16-14(11)18)8-10-3-4-10/h10H,2-9H2,1H3,(H,15,16,18). The Labute approximate surface area is 107 Å². The van der Waals surface area contributed by atoms with E-state index >= 15 is 0 Å². The molecule has 0 aromatic carbocycles. The minimum atomic E-state index is 0.104. The van der Waals surface area contributed by atoms with Crippen LogP contribution in [-0.4, -0.2) is 28.0 Å². The number of hydrogen-bond acceptors (Lipinski definition) is 3. The van der Waals surface area contributed by atoms with Crippen molar-refractivity contribution < 1.29 is 0 Å². The zero-order valence-corrected chi connectivity index (χ0v) is 11.0. The fourth-order valence-corrected chi connectivity index (χ4v) is 2.74. The Morgan fingerprint density at radius 1 is 1.44 bits per heavy atom. The molecule has 1 saturated carbocycles. The van der Waals surface area contributed by atoms with E-state index in [0.29, 0.717) is 0 Å². The van der Waals surface area contributed by atoms with Crippen molar-refractivity contribution in [2.24, 2.45) is 5.92 Å².